The molecule has 0 radical (unpaired) electrons. The van der Waals surface area contributed by atoms with Crippen molar-refractivity contribution >= 4 is 29.2 Å². The number of aryl methyl sites for hydroxylation is 1. The molecule has 3 heterocycles. The molecule has 1 amide bonds. The summed E-state index contributed by atoms with van der Waals surface area (Å²) in [5, 5.41) is 7.05. The number of thioether (sulfide) groups is 1. The number of hydrogen-bond acceptors (Lipinski definition) is 7. The third kappa shape index (κ3) is 3.45. The Kier molecular flexibility index (Phi) is 5.33. The molecular weight excluding hydrogens is 320 g/mol. The van der Waals surface area contributed by atoms with Crippen molar-refractivity contribution in [1.29, 1.82) is 0 Å². The lowest BCUT2D eigenvalue weighted by atomic mass is 9.89. The van der Waals surface area contributed by atoms with Crippen LogP contribution in [0.1, 0.15) is 28.2 Å². The van der Waals surface area contributed by atoms with Crippen LogP contribution in [-0.2, 0) is 4.74 Å². The lowest BCUT2D eigenvalue weighted by molar-refractivity contribution is -0.0254. The second kappa shape index (κ2) is 7.25. The van der Waals surface area contributed by atoms with Crippen molar-refractivity contribution < 1.29 is 9.53 Å². The van der Waals surface area contributed by atoms with Crippen LogP contribution in [0.3, 0.4) is 0 Å². The van der Waals surface area contributed by atoms with Gasteiger partial charge >= 0.3 is 0 Å². The van der Waals surface area contributed by atoms with Crippen LogP contribution in [0.15, 0.2) is 0 Å². The summed E-state index contributed by atoms with van der Waals surface area (Å²) in [6.07, 6.45) is 2.25. The zero-order valence-corrected chi connectivity index (χ0v) is 14.5. The smallest absolute Gasteiger partial charge is 0.265 e. The molecule has 0 aliphatic carbocycles. The Morgan fingerprint density at radius 3 is 2.73 bits per heavy atom. The lowest BCUT2D eigenvalue weighted by Crippen LogP contribution is -2.60. The van der Waals surface area contributed by atoms with Crippen LogP contribution in [0, 0.1) is 6.92 Å². The van der Waals surface area contributed by atoms with Gasteiger partial charge < -0.3 is 10.1 Å². The van der Waals surface area contributed by atoms with Gasteiger partial charge in [0.05, 0.1) is 18.9 Å². The number of ether oxygens (including phenoxy) is 1. The summed E-state index contributed by atoms with van der Waals surface area (Å²) in [5.74, 6) is 2.28. The molecule has 0 bridgehead atoms. The van der Waals surface area contributed by atoms with E-state index in [-0.39, 0.29) is 11.4 Å². The second-order valence-corrected chi connectivity index (χ2v) is 7.79. The predicted octanol–water partition coefficient (Wildman–Crippen LogP) is 1.17. The van der Waals surface area contributed by atoms with Gasteiger partial charge in [0, 0.05) is 25.2 Å². The molecule has 0 spiro atoms. The van der Waals surface area contributed by atoms with E-state index in [1.165, 1.54) is 11.5 Å². The number of carbonyl (C=O) groups excluding carboxylic acids is 1. The number of hydrogen-bond donors (Lipinski definition) is 1. The topological polar surface area (TPSA) is 67.4 Å². The van der Waals surface area contributed by atoms with Crippen molar-refractivity contribution in [2.45, 2.75) is 25.3 Å². The SMILES string of the molecule is Cc1nnsc1C(=O)NCC1(N2CCOCC2)CCSCC1. The fourth-order valence-corrected chi connectivity index (χ4v) is 4.98. The summed E-state index contributed by atoms with van der Waals surface area (Å²) in [6, 6.07) is 0. The van der Waals surface area contributed by atoms with E-state index >= 15 is 0 Å². The van der Waals surface area contributed by atoms with Crippen molar-refractivity contribution in [1.82, 2.24) is 19.8 Å². The number of nitrogens with one attached hydrogen (secondary N) is 1. The predicted molar refractivity (Wildman–Crippen MR) is 88.7 cm³/mol. The molecule has 1 aromatic rings. The number of rotatable bonds is 4. The van der Waals surface area contributed by atoms with Crippen LogP contribution >= 0.6 is 23.3 Å². The molecule has 2 aliphatic rings. The molecule has 8 heteroatoms. The molecule has 6 nitrogen and oxygen atoms in total. The van der Waals surface area contributed by atoms with E-state index < -0.39 is 0 Å². The van der Waals surface area contributed by atoms with Crippen LogP contribution in [0.5, 0.6) is 0 Å². The zero-order valence-electron chi connectivity index (χ0n) is 12.8. The van der Waals surface area contributed by atoms with E-state index in [2.05, 4.69) is 19.8 Å². The van der Waals surface area contributed by atoms with E-state index in [9.17, 15) is 4.79 Å². The lowest BCUT2D eigenvalue weighted by Gasteiger charge is -2.48. The largest absolute Gasteiger partial charge is 0.379 e. The number of nitrogens with zero attached hydrogens (tertiary/aromatic N) is 3. The molecule has 0 unspecified atom stereocenters. The summed E-state index contributed by atoms with van der Waals surface area (Å²) in [4.78, 5) is 15.5. The molecule has 22 heavy (non-hydrogen) atoms. The number of carbonyl (C=O) groups is 1. The quantitative estimate of drug-likeness (QED) is 0.886. The first-order valence-corrected chi connectivity index (χ1v) is 9.62. The van der Waals surface area contributed by atoms with E-state index in [1.54, 1.807) is 0 Å². The normalized spacial score (nSPS) is 22.4. The van der Waals surface area contributed by atoms with Gasteiger partial charge in [0.15, 0.2) is 0 Å². The van der Waals surface area contributed by atoms with E-state index in [1.807, 2.05) is 18.7 Å². The standard InChI is InChI=1S/C14H22N4O2S2/c1-11-12(22-17-16-11)13(19)15-10-14(2-8-21-9-3-14)18-4-6-20-7-5-18/h2-10H2,1H3,(H,15,19). The van der Waals surface area contributed by atoms with Crippen LogP contribution < -0.4 is 5.32 Å². The Bertz CT molecular complexity index is 511. The maximum atomic E-state index is 12.4. The highest BCUT2D eigenvalue weighted by Crippen LogP contribution is 2.32. The minimum atomic E-state index is -0.0432. The van der Waals surface area contributed by atoms with Gasteiger partial charge in [-0.25, -0.2) is 0 Å². The van der Waals surface area contributed by atoms with Gasteiger partial charge in [-0.15, -0.1) is 5.10 Å². The molecule has 3 rings (SSSR count). The summed E-state index contributed by atoms with van der Waals surface area (Å²) in [7, 11) is 0. The number of amides is 1. The molecule has 0 atom stereocenters. The van der Waals surface area contributed by atoms with Gasteiger partial charge in [-0.1, -0.05) is 4.49 Å². The van der Waals surface area contributed by atoms with Crippen molar-refractivity contribution in [3.8, 4) is 0 Å². The molecule has 122 valence electrons. The minimum Gasteiger partial charge on any atom is -0.379 e. The zero-order chi connectivity index (χ0) is 15.4. The average Bonchev–Trinajstić information content (AvgIpc) is 3.00. The molecule has 2 saturated heterocycles. The average molecular weight is 342 g/mol. The van der Waals surface area contributed by atoms with Crippen molar-refractivity contribution in [2.24, 2.45) is 0 Å². The van der Waals surface area contributed by atoms with Gasteiger partial charge in [-0.3, -0.25) is 9.69 Å². The van der Waals surface area contributed by atoms with Gasteiger partial charge in [0.1, 0.15) is 4.88 Å². The van der Waals surface area contributed by atoms with Crippen LogP contribution in [-0.4, -0.2) is 70.3 Å². The van der Waals surface area contributed by atoms with Crippen molar-refractivity contribution in [2.75, 3.05) is 44.4 Å². The van der Waals surface area contributed by atoms with Gasteiger partial charge in [-0.2, -0.15) is 11.8 Å². The molecule has 2 fully saturated rings. The van der Waals surface area contributed by atoms with Gasteiger partial charge in [0.25, 0.3) is 5.91 Å². The fourth-order valence-electron chi connectivity index (χ4n) is 3.16. The summed E-state index contributed by atoms with van der Waals surface area (Å²) in [5.41, 5.74) is 0.790. The second-order valence-electron chi connectivity index (χ2n) is 5.81. The maximum absolute atomic E-state index is 12.4. The molecule has 0 aromatic carbocycles. The first-order chi connectivity index (χ1) is 10.7. The number of morpholine rings is 1. The highest BCUT2D eigenvalue weighted by molar-refractivity contribution is 7.99. The molecular formula is C14H22N4O2S2. The first kappa shape index (κ1) is 16.2. The van der Waals surface area contributed by atoms with E-state index in [0.717, 1.165) is 50.7 Å². The molecule has 1 aromatic heterocycles. The third-order valence-corrected chi connectivity index (χ3v) is 6.35. The molecule has 0 saturated carbocycles. The monoisotopic (exact) mass is 342 g/mol. The van der Waals surface area contributed by atoms with Crippen LogP contribution in [0.2, 0.25) is 0 Å². The summed E-state index contributed by atoms with van der Waals surface area (Å²) >= 11 is 3.17. The fraction of sp³-hybridized carbons (Fsp3) is 0.786. The maximum Gasteiger partial charge on any atom is 0.265 e. The Balaban J connectivity index is 1.67. The minimum absolute atomic E-state index is 0.0432. The Morgan fingerprint density at radius 2 is 2.09 bits per heavy atom. The van der Waals surface area contributed by atoms with Crippen LogP contribution in [0.25, 0.3) is 0 Å². The molecule has 2 aliphatic heterocycles. The Labute approximate surface area is 139 Å². The first-order valence-electron chi connectivity index (χ1n) is 7.69. The summed E-state index contributed by atoms with van der Waals surface area (Å²) < 4.78 is 9.33. The summed E-state index contributed by atoms with van der Waals surface area (Å²) in [6.45, 7) is 6.03. The Morgan fingerprint density at radius 1 is 1.36 bits per heavy atom. The van der Waals surface area contributed by atoms with Gasteiger partial charge in [0.2, 0.25) is 0 Å². The van der Waals surface area contributed by atoms with E-state index in [4.69, 9.17) is 4.74 Å². The highest BCUT2D eigenvalue weighted by Gasteiger charge is 2.39. The van der Waals surface area contributed by atoms with E-state index in [0.29, 0.717) is 17.1 Å². The third-order valence-electron chi connectivity index (χ3n) is 4.54. The highest BCUT2D eigenvalue weighted by atomic mass is 32.2. The molecule has 1 N–H and O–H groups in total. The van der Waals surface area contributed by atoms with Crippen molar-refractivity contribution in [3.63, 3.8) is 0 Å². The van der Waals surface area contributed by atoms with Crippen LogP contribution in [0.4, 0.5) is 0 Å². The van der Waals surface area contributed by atoms with Crippen molar-refractivity contribution in [3.05, 3.63) is 10.6 Å². The Hall–Kier alpha value is -0.700. The van der Waals surface area contributed by atoms with Gasteiger partial charge in [-0.05, 0) is 42.8 Å². The number of aromatic nitrogens is 2.